The maximum Gasteiger partial charge on any atom is 0.325 e. The Morgan fingerprint density at radius 2 is 1.82 bits per heavy atom. The van der Waals surface area contributed by atoms with Gasteiger partial charge in [0.2, 0.25) is 5.91 Å². The lowest BCUT2D eigenvalue weighted by Gasteiger charge is -2.26. The molecular weight excluding hydrogens is 442 g/mol. The van der Waals surface area contributed by atoms with Gasteiger partial charge in [0.25, 0.3) is 5.91 Å². The predicted octanol–water partition coefficient (Wildman–Crippen LogP) is 3.34. The number of aromatic nitrogens is 2. The predicted molar refractivity (Wildman–Crippen MR) is 124 cm³/mol. The number of hydrogen-bond acceptors (Lipinski definition) is 4. The topological polar surface area (TPSA) is 87.5 Å². The third-order valence-corrected chi connectivity index (χ3v) is 6.09. The van der Waals surface area contributed by atoms with Crippen LogP contribution in [0.2, 0.25) is 5.02 Å². The number of amides is 4. The molecule has 1 atom stereocenters. The van der Waals surface area contributed by atoms with Crippen molar-refractivity contribution < 1.29 is 14.4 Å². The molecular formula is C24H24ClN5O3. The Bertz CT molecular complexity index is 1180. The molecule has 0 bridgehead atoms. The molecule has 2 aromatic carbocycles. The van der Waals surface area contributed by atoms with Gasteiger partial charge < -0.3 is 10.2 Å². The number of para-hydroxylation sites is 1. The molecule has 0 spiro atoms. The highest BCUT2D eigenvalue weighted by molar-refractivity contribution is 6.30. The second-order valence-corrected chi connectivity index (χ2v) is 8.40. The number of urea groups is 1. The maximum atomic E-state index is 13.3. The van der Waals surface area contributed by atoms with Crippen LogP contribution in [0.5, 0.6) is 0 Å². The van der Waals surface area contributed by atoms with Crippen molar-refractivity contribution in [3.05, 3.63) is 83.1 Å². The minimum absolute atomic E-state index is 0.297. The Morgan fingerprint density at radius 1 is 1.12 bits per heavy atom. The van der Waals surface area contributed by atoms with Crippen LogP contribution in [0.25, 0.3) is 5.69 Å². The van der Waals surface area contributed by atoms with Gasteiger partial charge in [0.05, 0.1) is 11.9 Å². The number of nitrogens with zero attached hydrogens (tertiary/aromatic N) is 4. The highest BCUT2D eigenvalue weighted by Crippen LogP contribution is 2.33. The number of benzene rings is 2. The van der Waals surface area contributed by atoms with Crippen LogP contribution in [0, 0.1) is 0 Å². The smallest absolute Gasteiger partial charge is 0.325 e. The fourth-order valence-electron chi connectivity index (χ4n) is 3.93. The van der Waals surface area contributed by atoms with E-state index in [1.54, 1.807) is 42.2 Å². The highest BCUT2D eigenvalue weighted by Gasteiger charge is 2.51. The number of likely N-dealkylation sites (N-methyl/N-ethyl adjacent to an activating group) is 1. The first kappa shape index (κ1) is 22.5. The summed E-state index contributed by atoms with van der Waals surface area (Å²) < 4.78 is 1.73. The summed E-state index contributed by atoms with van der Waals surface area (Å²) in [5, 5.41) is 7.65. The largest absolute Gasteiger partial charge is 0.340 e. The van der Waals surface area contributed by atoms with Gasteiger partial charge in [0.15, 0.2) is 0 Å². The molecule has 1 aliphatic rings. The monoisotopic (exact) mass is 465 g/mol. The summed E-state index contributed by atoms with van der Waals surface area (Å²) in [7, 11) is 1.63. The van der Waals surface area contributed by atoms with Crippen LogP contribution in [-0.4, -0.2) is 51.0 Å². The van der Waals surface area contributed by atoms with E-state index >= 15 is 0 Å². The number of nitrogens with one attached hydrogen (secondary N) is 1. The molecule has 4 amide bonds. The molecule has 0 aliphatic carbocycles. The van der Waals surface area contributed by atoms with Crippen LogP contribution >= 0.6 is 11.6 Å². The van der Waals surface area contributed by atoms with Crippen LogP contribution in [0.15, 0.2) is 67.0 Å². The number of hydrogen-bond donors (Lipinski definition) is 1. The fourth-order valence-corrected chi connectivity index (χ4v) is 4.05. The molecule has 1 aromatic heterocycles. The summed E-state index contributed by atoms with van der Waals surface area (Å²) in [5.74, 6) is -0.801. The summed E-state index contributed by atoms with van der Waals surface area (Å²) in [5.41, 5.74) is 1.16. The van der Waals surface area contributed by atoms with Crippen LogP contribution in [0.3, 0.4) is 0 Å². The molecule has 3 aromatic rings. The van der Waals surface area contributed by atoms with Crippen molar-refractivity contribution in [1.29, 1.82) is 0 Å². The van der Waals surface area contributed by atoms with Crippen LogP contribution < -0.4 is 5.32 Å². The molecule has 1 saturated heterocycles. The lowest BCUT2D eigenvalue weighted by molar-refractivity contribution is -0.138. The van der Waals surface area contributed by atoms with E-state index in [1.165, 1.54) is 4.90 Å². The molecule has 0 saturated carbocycles. The molecule has 8 nitrogen and oxygen atoms in total. The lowest BCUT2D eigenvalue weighted by Crippen LogP contribution is -2.45. The molecule has 170 valence electrons. The van der Waals surface area contributed by atoms with Gasteiger partial charge in [-0.25, -0.2) is 9.48 Å². The van der Waals surface area contributed by atoms with Crippen LogP contribution in [0.4, 0.5) is 4.79 Å². The molecule has 9 heteroatoms. The maximum absolute atomic E-state index is 13.3. The number of halogens is 1. The molecule has 1 N–H and O–H groups in total. The SMILES string of the molecule is CCC1(c2ccc(Cl)cc2)NC(=O)N(CC(=O)N(C)Cc2cnn(-c3ccccc3)c2)C1=O. The minimum atomic E-state index is -1.21. The van der Waals surface area contributed by atoms with Gasteiger partial charge in [-0.15, -0.1) is 0 Å². The van der Waals surface area contributed by atoms with Crippen molar-refractivity contribution in [3.63, 3.8) is 0 Å². The fraction of sp³-hybridized carbons (Fsp3) is 0.250. The van der Waals surface area contributed by atoms with Crippen LogP contribution in [0.1, 0.15) is 24.5 Å². The average molecular weight is 466 g/mol. The van der Waals surface area contributed by atoms with E-state index in [1.807, 2.05) is 43.5 Å². The normalized spacial score (nSPS) is 17.8. The zero-order chi connectivity index (χ0) is 23.6. The molecule has 1 fully saturated rings. The van der Waals surface area contributed by atoms with E-state index < -0.39 is 17.5 Å². The molecule has 1 unspecified atom stereocenters. The van der Waals surface area contributed by atoms with Gasteiger partial charge in [-0.2, -0.15) is 5.10 Å². The van der Waals surface area contributed by atoms with Crippen molar-refractivity contribution in [2.75, 3.05) is 13.6 Å². The third kappa shape index (κ3) is 4.34. The minimum Gasteiger partial charge on any atom is -0.340 e. The Hall–Kier alpha value is -3.65. The van der Waals surface area contributed by atoms with E-state index in [0.29, 0.717) is 23.6 Å². The number of carbonyl (C=O) groups excluding carboxylic acids is 3. The summed E-state index contributed by atoms with van der Waals surface area (Å²) >= 11 is 5.97. The van der Waals surface area contributed by atoms with Gasteiger partial charge in [-0.05, 0) is 36.2 Å². The lowest BCUT2D eigenvalue weighted by atomic mass is 9.87. The quantitative estimate of drug-likeness (QED) is 0.542. The molecule has 1 aliphatic heterocycles. The van der Waals surface area contributed by atoms with Crippen molar-refractivity contribution >= 4 is 29.4 Å². The molecule has 4 rings (SSSR count). The summed E-state index contributed by atoms with van der Waals surface area (Å²) in [6, 6.07) is 15.8. The average Bonchev–Trinajstić information content (AvgIpc) is 3.38. The van der Waals surface area contributed by atoms with Crippen LogP contribution in [-0.2, 0) is 21.7 Å². The van der Waals surface area contributed by atoms with E-state index in [9.17, 15) is 14.4 Å². The first-order chi connectivity index (χ1) is 15.8. The number of carbonyl (C=O) groups is 3. The second-order valence-electron chi connectivity index (χ2n) is 7.97. The third-order valence-electron chi connectivity index (χ3n) is 5.84. The molecule has 33 heavy (non-hydrogen) atoms. The zero-order valence-corrected chi connectivity index (χ0v) is 19.1. The first-order valence-corrected chi connectivity index (χ1v) is 10.9. The molecule has 2 heterocycles. The van der Waals surface area contributed by atoms with Gasteiger partial charge in [0, 0.05) is 30.4 Å². The summed E-state index contributed by atoms with van der Waals surface area (Å²) in [6.45, 7) is 1.77. The van der Waals surface area contributed by atoms with Gasteiger partial charge in [-0.1, -0.05) is 48.9 Å². The van der Waals surface area contributed by atoms with E-state index in [-0.39, 0.29) is 12.5 Å². The summed E-state index contributed by atoms with van der Waals surface area (Å²) in [6.07, 6.45) is 3.88. The Balaban J connectivity index is 1.44. The summed E-state index contributed by atoms with van der Waals surface area (Å²) in [4.78, 5) is 41.2. The standard InChI is InChI=1S/C24H24ClN5O3/c1-3-24(18-9-11-19(25)12-10-18)22(32)29(23(33)27-24)16-21(31)28(2)14-17-13-26-30(15-17)20-7-5-4-6-8-20/h4-13,15H,3,14,16H2,1-2H3,(H,27,33). The van der Waals surface area contributed by atoms with E-state index in [0.717, 1.165) is 16.2 Å². The first-order valence-electron chi connectivity index (χ1n) is 10.6. The van der Waals surface area contributed by atoms with Gasteiger partial charge >= 0.3 is 6.03 Å². The van der Waals surface area contributed by atoms with Crippen molar-refractivity contribution in [2.24, 2.45) is 0 Å². The second kappa shape index (κ2) is 9.07. The highest BCUT2D eigenvalue weighted by atomic mass is 35.5. The van der Waals surface area contributed by atoms with Gasteiger partial charge in [-0.3, -0.25) is 14.5 Å². The number of rotatable bonds is 7. The van der Waals surface area contributed by atoms with E-state index in [2.05, 4.69) is 10.4 Å². The zero-order valence-electron chi connectivity index (χ0n) is 18.4. The van der Waals surface area contributed by atoms with Crippen molar-refractivity contribution in [2.45, 2.75) is 25.4 Å². The van der Waals surface area contributed by atoms with Gasteiger partial charge in [0.1, 0.15) is 12.1 Å². The Morgan fingerprint density at radius 3 is 2.48 bits per heavy atom. The number of imide groups is 1. The molecule has 0 radical (unpaired) electrons. The Labute approximate surface area is 196 Å². The van der Waals surface area contributed by atoms with E-state index in [4.69, 9.17) is 11.6 Å². The van der Waals surface area contributed by atoms with Crippen molar-refractivity contribution in [3.8, 4) is 5.69 Å². The Kier molecular flexibility index (Phi) is 6.20. The van der Waals surface area contributed by atoms with Crippen molar-refractivity contribution in [1.82, 2.24) is 24.9 Å².